The minimum Gasteiger partial charge on any atom is -0.161 e. The molecule has 0 saturated carbocycles. The summed E-state index contributed by atoms with van der Waals surface area (Å²) in [6.07, 6.45) is 0. The van der Waals surface area contributed by atoms with Gasteiger partial charge in [0.15, 0.2) is 7.38 Å². The standard InChI is InChI=1S/C16H19Cl3Si2/c1-20(17,12-13-21(2,18)19)16-10-8-15(9-11-16)14-6-4-3-5-7-14/h3-11H,12-13H2,1-2H3. The van der Waals surface area contributed by atoms with Crippen LogP contribution in [0.5, 0.6) is 0 Å². The summed E-state index contributed by atoms with van der Waals surface area (Å²) in [5.74, 6) is 0. The first kappa shape index (κ1) is 17.1. The highest BCUT2D eigenvalue weighted by Crippen LogP contribution is 2.28. The zero-order chi connectivity index (χ0) is 15.5. The van der Waals surface area contributed by atoms with Gasteiger partial charge in [-0.2, -0.15) is 11.1 Å². The van der Waals surface area contributed by atoms with Crippen LogP contribution in [0.1, 0.15) is 0 Å². The van der Waals surface area contributed by atoms with Gasteiger partial charge in [-0.05, 0) is 34.9 Å². The fourth-order valence-electron chi connectivity index (χ4n) is 2.24. The molecule has 2 aromatic carbocycles. The summed E-state index contributed by atoms with van der Waals surface area (Å²) >= 11 is 19.2. The lowest BCUT2D eigenvalue weighted by Gasteiger charge is -2.22. The summed E-state index contributed by atoms with van der Waals surface area (Å²) in [6, 6.07) is 20.7. The summed E-state index contributed by atoms with van der Waals surface area (Å²) in [7, 11) is -1.98. The van der Waals surface area contributed by atoms with Gasteiger partial charge in [0.1, 0.15) is 0 Å². The van der Waals surface area contributed by atoms with E-state index in [2.05, 4.69) is 55.1 Å². The normalized spacial score (nSPS) is 14.7. The molecule has 2 rings (SSSR count). The topological polar surface area (TPSA) is 0 Å². The maximum atomic E-state index is 6.81. The van der Waals surface area contributed by atoms with E-state index in [0.29, 0.717) is 0 Å². The van der Waals surface area contributed by atoms with Crippen molar-refractivity contribution >= 4 is 52.5 Å². The number of rotatable bonds is 5. The third-order valence-electron chi connectivity index (χ3n) is 3.63. The van der Waals surface area contributed by atoms with Crippen LogP contribution >= 0.6 is 33.2 Å². The van der Waals surface area contributed by atoms with Crippen molar-refractivity contribution < 1.29 is 0 Å². The molecule has 0 heterocycles. The van der Waals surface area contributed by atoms with Crippen molar-refractivity contribution in [3.05, 3.63) is 54.6 Å². The van der Waals surface area contributed by atoms with Gasteiger partial charge in [-0.15, -0.1) is 22.2 Å². The number of benzene rings is 2. The van der Waals surface area contributed by atoms with E-state index in [4.69, 9.17) is 33.2 Å². The van der Waals surface area contributed by atoms with Crippen LogP contribution < -0.4 is 5.19 Å². The predicted molar refractivity (Wildman–Crippen MR) is 102 cm³/mol. The van der Waals surface area contributed by atoms with Gasteiger partial charge in [-0.25, -0.2) is 0 Å². The lowest BCUT2D eigenvalue weighted by Crippen LogP contribution is -2.39. The van der Waals surface area contributed by atoms with Crippen molar-refractivity contribution in [2.75, 3.05) is 0 Å². The lowest BCUT2D eigenvalue weighted by molar-refractivity contribution is 1.36. The number of hydrogen-bond acceptors (Lipinski definition) is 0. The lowest BCUT2D eigenvalue weighted by atomic mass is 10.1. The van der Waals surface area contributed by atoms with E-state index in [-0.39, 0.29) is 0 Å². The first-order chi connectivity index (χ1) is 9.78. The van der Waals surface area contributed by atoms with Gasteiger partial charge in [-0.3, -0.25) is 0 Å². The van der Waals surface area contributed by atoms with Crippen molar-refractivity contribution in [1.29, 1.82) is 0 Å². The van der Waals surface area contributed by atoms with Crippen molar-refractivity contribution in [1.82, 2.24) is 0 Å². The maximum absolute atomic E-state index is 6.81. The Bertz CT molecular complexity index is 575. The molecule has 5 heteroatoms. The molecule has 0 radical (unpaired) electrons. The highest BCUT2D eigenvalue weighted by molar-refractivity contribution is 7.45. The molecule has 0 nitrogen and oxygen atoms in total. The molecule has 21 heavy (non-hydrogen) atoms. The first-order valence-electron chi connectivity index (χ1n) is 7.01. The third-order valence-corrected chi connectivity index (χ3v) is 10.3. The van der Waals surface area contributed by atoms with Crippen molar-refractivity contribution in [3.63, 3.8) is 0 Å². The van der Waals surface area contributed by atoms with Crippen LogP contribution in [-0.4, -0.2) is 14.1 Å². The van der Waals surface area contributed by atoms with Crippen molar-refractivity contribution in [3.8, 4) is 11.1 Å². The summed E-state index contributed by atoms with van der Waals surface area (Å²) in [5.41, 5.74) is 2.44. The molecular weight excluding hydrogens is 355 g/mol. The molecule has 1 atom stereocenters. The second-order valence-electron chi connectivity index (χ2n) is 5.71. The van der Waals surface area contributed by atoms with Gasteiger partial charge in [-0.1, -0.05) is 61.1 Å². The molecule has 0 spiro atoms. The Morgan fingerprint density at radius 1 is 0.714 bits per heavy atom. The fraction of sp³-hybridized carbons (Fsp3) is 0.250. The van der Waals surface area contributed by atoms with Gasteiger partial charge in [0.05, 0.1) is 0 Å². The Kier molecular flexibility index (Phi) is 5.61. The first-order valence-corrected chi connectivity index (χ1v) is 15.5. The summed E-state index contributed by atoms with van der Waals surface area (Å²) in [6.45, 7) is 2.05. The van der Waals surface area contributed by atoms with Crippen LogP contribution in [0.15, 0.2) is 54.6 Å². The molecule has 0 aliphatic rings. The molecule has 0 aromatic heterocycles. The Hall–Kier alpha value is -0.256. The van der Waals surface area contributed by atoms with Crippen LogP contribution in [-0.2, 0) is 0 Å². The molecule has 0 saturated heterocycles. The van der Waals surface area contributed by atoms with Gasteiger partial charge in [0.2, 0.25) is 6.69 Å². The van der Waals surface area contributed by atoms with E-state index in [1.807, 2.05) is 12.6 Å². The zero-order valence-corrected chi connectivity index (χ0v) is 16.5. The molecule has 1 unspecified atom stereocenters. The van der Waals surface area contributed by atoms with Crippen LogP contribution in [0.2, 0.25) is 25.2 Å². The SMILES string of the molecule is C[Si](Cl)(Cl)CC[Si](C)(Cl)c1ccc(-c2ccccc2)cc1. The average molecular weight is 374 g/mol. The Morgan fingerprint density at radius 3 is 1.76 bits per heavy atom. The molecule has 2 aromatic rings. The molecule has 0 aliphatic heterocycles. The second kappa shape index (κ2) is 6.88. The van der Waals surface area contributed by atoms with E-state index in [1.54, 1.807) is 0 Å². The molecule has 0 N–H and O–H groups in total. The van der Waals surface area contributed by atoms with E-state index < -0.39 is 14.1 Å². The summed E-state index contributed by atoms with van der Waals surface area (Å²) < 4.78 is 0. The van der Waals surface area contributed by atoms with Crippen LogP contribution in [0.3, 0.4) is 0 Å². The molecular formula is C16H19Cl3Si2. The van der Waals surface area contributed by atoms with Gasteiger partial charge in [0.25, 0.3) is 0 Å². The highest BCUT2D eigenvalue weighted by atomic mass is 35.7. The summed E-state index contributed by atoms with van der Waals surface area (Å²) in [4.78, 5) is 0. The van der Waals surface area contributed by atoms with Crippen LogP contribution in [0, 0.1) is 0 Å². The molecule has 112 valence electrons. The largest absolute Gasteiger partial charge is 0.248 e. The number of hydrogen-bond donors (Lipinski definition) is 0. The molecule has 0 amide bonds. The maximum Gasteiger partial charge on any atom is 0.248 e. The predicted octanol–water partition coefficient (Wildman–Crippen LogP) is 5.92. The van der Waals surface area contributed by atoms with Crippen molar-refractivity contribution in [2.24, 2.45) is 0 Å². The second-order valence-corrected chi connectivity index (χ2v) is 19.9. The smallest absolute Gasteiger partial charge is 0.161 e. The zero-order valence-electron chi connectivity index (χ0n) is 12.2. The Morgan fingerprint density at radius 2 is 1.24 bits per heavy atom. The molecule has 0 fully saturated rings. The van der Waals surface area contributed by atoms with Crippen molar-refractivity contribution in [2.45, 2.75) is 25.2 Å². The molecule has 0 bridgehead atoms. The quantitative estimate of drug-likeness (QED) is 0.450. The van der Waals surface area contributed by atoms with Gasteiger partial charge in [0, 0.05) is 0 Å². The summed E-state index contributed by atoms with van der Waals surface area (Å²) in [5, 5.41) is 1.25. The minimum atomic E-state index is -2.07. The van der Waals surface area contributed by atoms with Crippen LogP contribution in [0.25, 0.3) is 11.1 Å². The number of halogens is 3. The third kappa shape index (κ3) is 5.15. The van der Waals surface area contributed by atoms with E-state index >= 15 is 0 Å². The minimum absolute atomic E-state index is 0.850. The van der Waals surface area contributed by atoms with Gasteiger partial charge >= 0.3 is 0 Å². The molecule has 0 aliphatic carbocycles. The Balaban J connectivity index is 2.14. The average Bonchev–Trinajstić information content (AvgIpc) is 2.46. The Labute approximate surface area is 143 Å². The van der Waals surface area contributed by atoms with E-state index in [0.717, 1.165) is 12.1 Å². The monoisotopic (exact) mass is 372 g/mol. The van der Waals surface area contributed by atoms with E-state index in [9.17, 15) is 0 Å². The van der Waals surface area contributed by atoms with Gasteiger partial charge < -0.3 is 0 Å². The van der Waals surface area contributed by atoms with Crippen LogP contribution in [0.4, 0.5) is 0 Å². The van der Waals surface area contributed by atoms with E-state index in [1.165, 1.54) is 16.3 Å². The highest BCUT2D eigenvalue weighted by Gasteiger charge is 2.31. The fourth-order valence-corrected chi connectivity index (χ4v) is 9.95.